The van der Waals surface area contributed by atoms with Crippen molar-refractivity contribution in [1.82, 2.24) is 10.2 Å². The van der Waals surface area contributed by atoms with Crippen LogP contribution in [0.15, 0.2) is 4.99 Å². The van der Waals surface area contributed by atoms with E-state index in [-0.39, 0.29) is 11.9 Å². The molecule has 1 aliphatic heterocycles. The number of ether oxygens (including phenoxy) is 1. The number of rotatable bonds is 5. The average molecular weight is 338 g/mol. The molecule has 0 radical (unpaired) electrons. The van der Waals surface area contributed by atoms with Gasteiger partial charge in [-0.2, -0.15) is 0 Å². The fraction of sp³-hybridized carbons (Fsp3) is 0.895. The number of guanidine groups is 1. The van der Waals surface area contributed by atoms with Crippen molar-refractivity contribution >= 4 is 11.9 Å². The van der Waals surface area contributed by atoms with Gasteiger partial charge in [-0.25, -0.2) is 0 Å². The molecule has 1 heterocycles. The molecule has 2 rings (SSSR count). The molecule has 0 aromatic carbocycles. The maximum atomic E-state index is 11.8. The first-order chi connectivity index (χ1) is 11.7. The topological polar surface area (TPSA) is 53.9 Å². The van der Waals surface area contributed by atoms with Gasteiger partial charge in [0.05, 0.1) is 12.5 Å². The minimum absolute atomic E-state index is 0.0345. The van der Waals surface area contributed by atoms with Gasteiger partial charge in [0.1, 0.15) is 0 Å². The number of carbonyl (C=O) groups is 1. The van der Waals surface area contributed by atoms with Gasteiger partial charge in [-0.1, -0.05) is 26.2 Å². The summed E-state index contributed by atoms with van der Waals surface area (Å²) in [6.45, 7) is 7.44. The van der Waals surface area contributed by atoms with Crippen LogP contribution >= 0.6 is 0 Å². The Bertz CT molecular complexity index is 409. The quantitative estimate of drug-likeness (QED) is 0.476. The van der Waals surface area contributed by atoms with E-state index >= 15 is 0 Å². The zero-order valence-electron chi connectivity index (χ0n) is 15.7. The molecule has 0 amide bonds. The van der Waals surface area contributed by atoms with E-state index in [1.54, 1.807) is 0 Å². The van der Waals surface area contributed by atoms with Crippen molar-refractivity contribution < 1.29 is 9.53 Å². The highest BCUT2D eigenvalue weighted by Crippen LogP contribution is 2.30. The molecule has 0 spiro atoms. The Morgan fingerprint density at radius 2 is 1.71 bits per heavy atom. The molecule has 1 saturated heterocycles. The van der Waals surface area contributed by atoms with Gasteiger partial charge >= 0.3 is 5.97 Å². The summed E-state index contributed by atoms with van der Waals surface area (Å²) in [6.07, 6.45) is 8.50. The van der Waals surface area contributed by atoms with E-state index in [0.717, 1.165) is 50.3 Å². The molecule has 0 aromatic rings. The first-order valence-corrected chi connectivity index (χ1v) is 9.80. The number of aliphatic imine (C=N–C) groups is 1. The van der Waals surface area contributed by atoms with Crippen molar-refractivity contribution in [3.63, 3.8) is 0 Å². The van der Waals surface area contributed by atoms with E-state index in [4.69, 9.17) is 4.74 Å². The fourth-order valence-corrected chi connectivity index (χ4v) is 4.00. The number of esters is 1. The van der Waals surface area contributed by atoms with Crippen LogP contribution in [-0.2, 0) is 9.53 Å². The molecule has 1 aliphatic carbocycles. The maximum Gasteiger partial charge on any atom is 0.309 e. The van der Waals surface area contributed by atoms with Gasteiger partial charge in [0.15, 0.2) is 5.96 Å². The third-order valence-electron chi connectivity index (χ3n) is 5.72. The Morgan fingerprint density at radius 1 is 1.08 bits per heavy atom. The predicted molar refractivity (Wildman–Crippen MR) is 98.0 cm³/mol. The number of hydrogen-bond acceptors (Lipinski definition) is 3. The van der Waals surface area contributed by atoms with Crippen LogP contribution in [-0.4, -0.2) is 50.1 Å². The van der Waals surface area contributed by atoms with E-state index in [0.29, 0.717) is 6.61 Å². The Balaban J connectivity index is 1.72. The number of hydrogen-bond donors (Lipinski definition) is 1. The molecule has 0 atom stereocenters. The number of carbonyl (C=O) groups excluding carboxylic acids is 1. The molecule has 0 aromatic heterocycles. The summed E-state index contributed by atoms with van der Waals surface area (Å²) >= 11 is 0. The first kappa shape index (κ1) is 19.1. The summed E-state index contributed by atoms with van der Waals surface area (Å²) in [7, 11) is 1.85. The minimum Gasteiger partial charge on any atom is -0.466 e. The number of nitrogens with one attached hydrogen (secondary N) is 1. The first-order valence-electron chi connectivity index (χ1n) is 9.80. The number of nitrogens with zero attached hydrogens (tertiary/aromatic N) is 2. The molecule has 5 heteroatoms. The van der Waals surface area contributed by atoms with Crippen LogP contribution in [0.4, 0.5) is 0 Å². The highest BCUT2D eigenvalue weighted by molar-refractivity contribution is 5.80. The summed E-state index contributed by atoms with van der Waals surface area (Å²) in [5.74, 6) is 2.75. The van der Waals surface area contributed by atoms with Crippen LogP contribution in [0.3, 0.4) is 0 Å². The zero-order chi connectivity index (χ0) is 17.4. The van der Waals surface area contributed by atoms with Gasteiger partial charge in [0, 0.05) is 26.7 Å². The van der Waals surface area contributed by atoms with Crippen molar-refractivity contribution in [3.8, 4) is 0 Å². The maximum absolute atomic E-state index is 11.8. The van der Waals surface area contributed by atoms with Crippen molar-refractivity contribution in [2.75, 3.05) is 33.3 Å². The van der Waals surface area contributed by atoms with Crippen LogP contribution in [0, 0.1) is 17.8 Å². The lowest BCUT2D eigenvalue weighted by molar-refractivity contribution is -0.149. The monoisotopic (exact) mass is 337 g/mol. The summed E-state index contributed by atoms with van der Waals surface area (Å²) < 4.78 is 5.14. The minimum atomic E-state index is -0.0345. The Kier molecular flexibility index (Phi) is 7.86. The lowest BCUT2D eigenvalue weighted by atomic mass is 9.81. The van der Waals surface area contributed by atoms with Gasteiger partial charge in [-0.05, 0) is 44.4 Å². The van der Waals surface area contributed by atoms with E-state index in [9.17, 15) is 4.79 Å². The molecule has 0 unspecified atom stereocenters. The SMILES string of the molecule is CCOC(=O)C1CCN(C(=NC)NCC2CCC(CC)CC2)CC1. The molecule has 2 fully saturated rings. The summed E-state index contributed by atoms with van der Waals surface area (Å²) in [4.78, 5) is 18.6. The third-order valence-corrected chi connectivity index (χ3v) is 5.72. The average Bonchev–Trinajstić information content (AvgIpc) is 2.63. The van der Waals surface area contributed by atoms with E-state index in [1.165, 1.54) is 32.1 Å². The van der Waals surface area contributed by atoms with Crippen molar-refractivity contribution in [2.24, 2.45) is 22.7 Å². The molecular weight excluding hydrogens is 302 g/mol. The second kappa shape index (κ2) is 9.90. The summed E-state index contributed by atoms with van der Waals surface area (Å²) in [5.41, 5.74) is 0. The van der Waals surface area contributed by atoms with Gasteiger partial charge in [-0.3, -0.25) is 9.79 Å². The van der Waals surface area contributed by atoms with Crippen molar-refractivity contribution in [2.45, 2.75) is 58.8 Å². The van der Waals surface area contributed by atoms with E-state index in [2.05, 4.69) is 22.1 Å². The van der Waals surface area contributed by atoms with Crippen LogP contribution < -0.4 is 5.32 Å². The summed E-state index contributed by atoms with van der Waals surface area (Å²) in [5, 5.41) is 3.57. The molecule has 138 valence electrons. The van der Waals surface area contributed by atoms with Crippen LogP contribution in [0.5, 0.6) is 0 Å². The lowest BCUT2D eigenvalue weighted by Gasteiger charge is -2.34. The molecule has 24 heavy (non-hydrogen) atoms. The highest BCUT2D eigenvalue weighted by atomic mass is 16.5. The molecule has 5 nitrogen and oxygen atoms in total. The Hall–Kier alpha value is -1.26. The second-order valence-electron chi connectivity index (χ2n) is 7.24. The van der Waals surface area contributed by atoms with Crippen LogP contribution in [0.1, 0.15) is 58.8 Å². The smallest absolute Gasteiger partial charge is 0.309 e. The highest BCUT2D eigenvalue weighted by Gasteiger charge is 2.28. The molecule has 2 aliphatic rings. The molecule has 1 saturated carbocycles. The lowest BCUT2D eigenvalue weighted by Crippen LogP contribution is -2.47. The molecular formula is C19H35N3O2. The van der Waals surface area contributed by atoms with Gasteiger partial charge in [0.25, 0.3) is 0 Å². The third kappa shape index (κ3) is 5.38. The van der Waals surface area contributed by atoms with Crippen molar-refractivity contribution in [3.05, 3.63) is 0 Å². The number of likely N-dealkylation sites (tertiary alicyclic amines) is 1. The summed E-state index contributed by atoms with van der Waals surface area (Å²) in [6, 6.07) is 0. The zero-order valence-corrected chi connectivity index (χ0v) is 15.7. The largest absolute Gasteiger partial charge is 0.466 e. The standard InChI is InChI=1S/C19H35N3O2/c1-4-15-6-8-16(9-7-15)14-21-19(20-3)22-12-10-17(11-13-22)18(23)24-5-2/h15-17H,4-14H2,1-3H3,(H,20,21). The van der Waals surface area contributed by atoms with E-state index < -0.39 is 0 Å². The molecule has 1 N–H and O–H groups in total. The fourth-order valence-electron chi connectivity index (χ4n) is 4.00. The Morgan fingerprint density at radius 3 is 2.25 bits per heavy atom. The second-order valence-corrected chi connectivity index (χ2v) is 7.24. The van der Waals surface area contributed by atoms with E-state index in [1.807, 2.05) is 14.0 Å². The Labute approximate surface area is 147 Å². The van der Waals surface area contributed by atoms with Crippen LogP contribution in [0.25, 0.3) is 0 Å². The number of piperidine rings is 1. The van der Waals surface area contributed by atoms with Crippen molar-refractivity contribution in [1.29, 1.82) is 0 Å². The normalized spacial score (nSPS) is 26.3. The van der Waals surface area contributed by atoms with Gasteiger partial charge < -0.3 is 15.0 Å². The van der Waals surface area contributed by atoms with Gasteiger partial charge in [0.2, 0.25) is 0 Å². The predicted octanol–water partition coefficient (Wildman–Crippen LogP) is 3.05. The molecule has 0 bridgehead atoms. The van der Waals surface area contributed by atoms with Crippen LogP contribution in [0.2, 0.25) is 0 Å². The van der Waals surface area contributed by atoms with Gasteiger partial charge in [-0.15, -0.1) is 0 Å².